The summed E-state index contributed by atoms with van der Waals surface area (Å²) in [4.78, 5) is 27.7. The fourth-order valence-corrected chi connectivity index (χ4v) is 5.61. The van der Waals surface area contributed by atoms with Crippen LogP contribution in [0.4, 0.5) is 10.5 Å². The van der Waals surface area contributed by atoms with Crippen LogP contribution in [0.3, 0.4) is 0 Å². The van der Waals surface area contributed by atoms with E-state index in [1.807, 2.05) is 30.3 Å². The topological polar surface area (TPSA) is 117 Å². The van der Waals surface area contributed by atoms with E-state index in [0.717, 1.165) is 5.56 Å². The zero-order valence-corrected chi connectivity index (χ0v) is 21.0. The van der Waals surface area contributed by atoms with E-state index in [1.54, 1.807) is 25.7 Å². The molecular formula is C25H32N4O5S. The number of ether oxygens (including phenoxy) is 1. The van der Waals surface area contributed by atoms with Gasteiger partial charge in [0.2, 0.25) is 15.9 Å². The van der Waals surface area contributed by atoms with E-state index >= 15 is 0 Å². The maximum atomic E-state index is 13.2. The van der Waals surface area contributed by atoms with Gasteiger partial charge in [-0.2, -0.15) is 0 Å². The zero-order valence-electron chi connectivity index (χ0n) is 20.2. The molecule has 35 heavy (non-hydrogen) atoms. The third-order valence-corrected chi connectivity index (χ3v) is 7.70. The average Bonchev–Trinajstić information content (AvgIpc) is 2.70. The van der Waals surface area contributed by atoms with Crippen LogP contribution in [-0.2, 0) is 26.0 Å². The Hall–Kier alpha value is -2.95. The van der Waals surface area contributed by atoms with Crippen LogP contribution in [0.2, 0.25) is 0 Å². The van der Waals surface area contributed by atoms with Crippen molar-refractivity contribution in [1.82, 2.24) is 14.9 Å². The number of amides is 3. The number of carbonyl (C=O) groups is 2. The van der Waals surface area contributed by atoms with Crippen LogP contribution in [0.15, 0.2) is 59.5 Å². The molecule has 2 aromatic carbocycles. The van der Waals surface area contributed by atoms with E-state index in [1.165, 1.54) is 24.3 Å². The van der Waals surface area contributed by atoms with Crippen LogP contribution < -0.4 is 15.4 Å². The van der Waals surface area contributed by atoms with Crippen LogP contribution in [0.1, 0.15) is 26.3 Å². The predicted molar refractivity (Wildman–Crippen MR) is 132 cm³/mol. The number of likely N-dealkylation sites (tertiary alicyclic amines) is 1. The first-order valence-corrected chi connectivity index (χ1v) is 13.1. The van der Waals surface area contributed by atoms with Crippen molar-refractivity contribution in [3.8, 4) is 0 Å². The average molecular weight is 501 g/mol. The SMILES string of the molecule is CC(C)(C)NS(=O)(=O)c1ccc(NC(=O)[C@H](Cc2ccccc2)NC(=O)N2CC3(COC3)C2)cc1. The van der Waals surface area contributed by atoms with Crippen molar-refractivity contribution in [2.24, 2.45) is 5.41 Å². The first-order chi connectivity index (χ1) is 16.4. The summed E-state index contributed by atoms with van der Waals surface area (Å²) >= 11 is 0. The first-order valence-electron chi connectivity index (χ1n) is 11.6. The van der Waals surface area contributed by atoms with Crippen molar-refractivity contribution in [2.45, 2.75) is 43.7 Å². The second kappa shape index (κ2) is 9.60. The van der Waals surface area contributed by atoms with Gasteiger partial charge in [0.25, 0.3) is 0 Å². The lowest BCUT2D eigenvalue weighted by atomic mass is 9.78. The van der Waals surface area contributed by atoms with Gasteiger partial charge in [0.1, 0.15) is 6.04 Å². The Morgan fingerprint density at radius 2 is 1.66 bits per heavy atom. The summed E-state index contributed by atoms with van der Waals surface area (Å²) in [5.74, 6) is -0.382. The Kier molecular flexibility index (Phi) is 6.90. The molecule has 0 unspecified atom stereocenters. The molecule has 0 saturated carbocycles. The minimum Gasteiger partial charge on any atom is -0.380 e. The minimum atomic E-state index is -3.68. The molecule has 188 valence electrons. The van der Waals surface area contributed by atoms with Crippen molar-refractivity contribution in [1.29, 1.82) is 0 Å². The second-order valence-electron chi connectivity index (χ2n) is 10.4. The second-order valence-corrected chi connectivity index (χ2v) is 12.1. The van der Waals surface area contributed by atoms with Gasteiger partial charge >= 0.3 is 6.03 Å². The maximum Gasteiger partial charge on any atom is 0.318 e. The number of urea groups is 1. The highest BCUT2D eigenvalue weighted by Gasteiger charge is 2.51. The number of hydrogen-bond acceptors (Lipinski definition) is 5. The standard InChI is InChI=1S/C25H32N4O5S/c1-24(2,3)28-35(32,33)20-11-9-19(10-12-20)26-22(30)21(13-18-7-5-4-6-8-18)27-23(31)29-14-25(15-29)16-34-17-25/h4-12,21,28H,13-17H2,1-3H3,(H,26,30)(H,27,31)/t21-/m0/s1. The van der Waals surface area contributed by atoms with Crippen LogP contribution in [0.25, 0.3) is 0 Å². The van der Waals surface area contributed by atoms with E-state index in [4.69, 9.17) is 4.74 Å². The van der Waals surface area contributed by atoms with Crippen molar-refractivity contribution < 1.29 is 22.7 Å². The monoisotopic (exact) mass is 500 g/mol. The normalized spacial score (nSPS) is 17.7. The molecule has 9 nitrogen and oxygen atoms in total. The predicted octanol–water partition coefficient (Wildman–Crippen LogP) is 2.35. The number of hydrogen-bond donors (Lipinski definition) is 3. The molecule has 0 radical (unpaired) electrons. The van der Waals surface area contributed by atoms with Gasteiger partial charge in [-0.15, -0.1) is 0 Å². The molecular weight excluding hydrogens is 468 g/mol. The molecule has 2 saturated heterocycles. The third kappa shape index (κ3) is 6.19. The number of nitrogens with one attached hydrogen (secondary N) is 3. The summed E-state index contributed by atoms with van der Waals surface area (Å²) in [6.07, 6.45) is 0.322. The van der Waals surface area contributed by atoms with Gasteiger partial charge < -0.3 is 20.3 Å². The minimum absolute atomic E-state index is 0.0818. The largest absolute Gasteiger partial charge is 0.380 e. The van der Waals surface area contributed by atoms with E-state index in [0.29, 0.717) is 38.4 Å². The highest BCUT2D eigenvalue weighted by Crippen LogP contribution is 2.37. The zero-order chi connectivity index (χ0) is 25.3. The van der Waals surface area contributed by atoms with Crippen molar-refractivity contribution in [3.05, 3.63) is 60.2 Å². The van der Waals surface area contributed by atoms with Crippen LogP contribution in [0, 0.1) is 5.41 Å². The van der Waals surface area contributed by atoms with Crippen LogP contribution in [-0.4, -0.2) is 63.1 Å². The van der Waals surface area contributed by atoms with Crippen molar-refractivity contribution in [3.63, 3.8) is 0 Å². The summed E-state index contributed by atoms with van der Waals surface area (Å²) in [6, 6.07) is 14.3. The quantitative estimate of drug-likeness (QED) is 0.540. The molecule has 2 aliphatic rings. The summed E-state index contributed by atoms with van der Waals surface area (Å²) in [6.45, 7) is 7.87. The lowest BCUT2D eigenvalue weighted by Crippen LogP contribution is -2.69. The van der Waals surface area contributed by atoms with Crippen LogP contribution >= 0.6 is 0 Å². The Balaban J connectivity index is 1.43. The van der Waals surface area contributed by atoms with Gasteiger partial charge in [0, 0.05) is 30.7 Å². The smallest absolute Gasteiger partial charge is 0.318 e. The Bertz CT molecular complexity index is 1160. The molecule has 2 aliphatic heterocycles. The number of nitrogens with zero attached hydrogens (tertiary/aromatic N) is 1. The molecule has 10 heteroatoms. The molecule has 0 aliphatic carbocycles. The van der Waals surface area contributed by atoms with Crippen LogP contribution in [0.5, 0.6) is 0 Å². The van der Waals surface area contributed by atoms with Gasteiger partial charge in [-0.3, -0.25) is 4.79 Å². The Labute approximate surface area is 206 Å². The summed E-state index contributed by atoms with van der Waals surface area (Å²) in [5.41, 5.74) is 0.816. The fourth-order valence-electron chi connectivity index (χ4n) is 4.19. The highest BCUT2D eigenvalue weighted by molar-refractivity contribution is 7.89. The third-order valence-electron chi connectivity index (χ3n) is 5.93. The van der Waals surface area contributed by atoms with Gasteiger partial charge in [-0.25, -0.2) is 17.9 Å². The molecule has 3 N–H and O–H groups in total. The molecule has 0 bridgehead atoms. The maximum absolute atomic E-state index is 13.2. The molecule has 2 aromatic rings. The molecule has 0 aromatic heterocycles. The van der Waals surface area contributed by atoms with E-state index in [2.05, 4.69) is 15.4 Å². The highest BCUT2D eigenvalue weighted by atomic mass is 32.2. The molecule has 4 rings (SSSR count). The van der Waals surface area contributed by atoms with Gasteiger partial charge in [-0.1, -0.05) is 30.3 Å². The summed E-state index contributed by atoms with van der Waals surface area (Å²) < 4.78 is 32.9. The first kappa shape index (κ1) is 25.2. The van der Waals surface area contributed by atoms with E-state index in [9.17, 15) is 18.0 Å². The molecule has 1 atom stereocenters. The number of rotatable bonds is 7. The molecule has 3 amide bonds. The van der Waals surface area contributed by atoms with E-state index in [-0.39, 0.29) is 22.2 Å². The van der Waals surface area contributed by atoms with Gasteiger partial charge in [-0.05, 0) is 50.6 Å². The number of benzene rings is 2. The number of anilines is 1. The Morgan fingerprint density at radius 1 is 1.03 bits per heavy atom. The summed E-state index contributed by atoms with van der Waals surface area (Å²) in [7, 11) is -3.68. The van der Waals surface area contributed by atoms with Crippen molar-refractivity contribution >= 4 is 27.6 Å². The fraction of sp³-hybridized carbons (Fsp3) is 0.440. The van der Waals surface area contributed by atoms with Gasteiger partial charge in [0.15, 0.2) is 0 Å². The lowest BCUT2D eigenvalue weighted by Gasteiger charge is -2.54. The number of sulfonamides is 1. The molecule has 2 fully saturated rings. The molecule has 1 spiro atoms. The Morgan fingerprint density at radius 3 is 2.20 bits per heavy atom. The van der Waals surface area contributed by atoms with E-state index < -0.39 is 21.6 Å². The molecule has 2 heterocycles. The van der Waals surface area contributed by atoms with Gasteiger partial charge in [0.05, 0.1) is 23.5 Å². The lowest BCUT2D eigenvalue weighted by molar-refractivity contribution is -0.175. The number of carbonyl (C=O) groups excluding carboxylic acids is 2. The van der Waals surface area contributed by atoms with Crippen molar-refractivity contribution in [2.75, 3.05) is 31.6 Å². The summed E-state index contributed by atoms with van der Waals surface area (Å²) in [5, 5.41) is 5.66.